The normalized spacial score (nSPS) is 12.8. The Morgan fingerprint density at radius 1 is 0.842 bits per heavy atom. The number of carboxylic acid groups (broad SMARTS) is 1. The van der Waals surface area contributed by atoms with E-state index in [0.717, 1.165) is 38.5 Å². The summed E-state index contributed by atoms with van der Waals surface area (Å²) in [5.74, 6) is -0.712. The summed E-state index contributed by atoms with van der Waals surface area (Å²) in [5.41, 5.74) is 0. The Kier molecular flexibility index (Phi) is 12.0. The molecule has 0 aliphatic heterocycles. The van der Waals surface area contributed by atoms with Crippen molar-refractivity contribution in [1.82, 2.24) is 0 Å². The molecule has 0 rings (SSSR count). The molecule has 114 valence electrons. The second-order valence-corrected chi connectivity index (χ2v) is 5.51. The summed E-state index contributed by atoms with van der Waals surface area (Å²) >= 11 is 0. The van der Waals surface area contributed by atoms with Crippen molar-refractivity contribution in [2.24, 2.45) is 5.92 Å². The molecule has 1 unspecified atom stereocenters. The Morgan fingerprint density at radius 3 is 1.68 bits per heavy atom. The van der Waals surface area contributed by atoms with Gasteiger partial charge in [-0.25, -0.2) is 0 Å². The molecular weight excluding hydrogens is 244 g/mol. The molecule has 0 heterocycles. The van der Waals surface area contributed by atoms with Crippen molar-refractivity contribution in [3.63, 3.8) is 0 Å². The van der Waals surface area contributed by atoms with Gasteiger partial charge in [-0.1, -0.05) is 58.3 Å². The smallest absolute Gasteiger partial charge is 0.303 e. The van der Waals surface area contributed by atoms with Gasteiger partial charge in [-0.05, 0) is 12.8 Å². The third-order valence-corrected chi connectivity index (χ3v) is 3.56. The van der Waals surface area contributed by atoms with Crippen LogP contribution in [0, 0.1) is 5.92 Å². The van der Waals surface area contributed by atoms with E-state index < -0.39 is 12.3 Å². The summed E-state index contributed by atoms with van der Waals surface area (Å²) < 4.78 is 0. The zero-order chi connectivity index (χ0) is 14.5. The summed E-state index contributed by atoms with van der Waals surface area (Å²) in [5, 5.41) is 26.3. The molecule has 0 aliphatic carbocycles. The molecule has 3 N–H and O–H groups in total. The minimum Gasteiger partial charge on any atom is -0.481 e. The predicted octanol–water partition coefficient (Wildman–Crippen LogP) is 3.31. The molecule has 0 aromatic rings. The molecule has 0 saturated carbocycles. The Hall–Kier alpha value is -0.610. The lowest BCUT2D eigenvalue weighted by Crippen LogP contribution is -2.15. The maximum absolute atomic E-state index is 10.3. The van der Waals surface area contributed by atoms with Gasteiger partial charge in [0.15, 0.2) is 6.29 Å². The van der Waals surface area contributed by atoms with Crippen LogP contribution < -0.4 is 0 Å². The monoisotopic (exact) mass is 274 g/mol. The summed E-state index contributed by atoms with van der Waals surface area (Å²) in [6.07, 6.45) is 10.1. The SMILES string of the molecule is CC(CCCCCCCCCCCC(=O)O)C(O)O. The highest BCUT2D eigenvalue weighted by atomic mass is 16.5. The van der Waals surface area contributed by atoms with Crippen molar-refractivity contribution >= 4 is 5.97 Å². The highest BCUT2D eigenvalue weighted by Gasteiger charge is 2.09. The lowest BCUT2D eigenvalue weighted by atomic mass is 10.0. The molecule has 4 nitrogen and oxygen atoms in total. The summed E-state index contributed by atoms with van der Waals surface area (Å²) in [7, 11) is 0. The van der Waals surface area contributed by atoms with E-state index in [1.807, 2.05) is 6.92 Å². The number of carboxylic acids is 1. The summed E-state index contributed by atoms with van der Waals surface area (Å²) in [6, 6.07) is 0. The van der Waals surface area contributed by atoms with E-state index in [9.17, 15) is 4.79 Å². The third-order valence-electron chi connectivity index (χ3n) is 3.56. The van der Waals surface area contributed by atoms with E-state index in [1.165, 1.54) is 25.7 Å². The fourth-order valence-electron chi connectivity index (χ4n) is 2.13. The van der Waals surface area contributed by atoms with E-state index in [0.29, 0.717) is 6.42 Å². The minimum atomic E-state index is -1.18. The molecule has 0 aromatic carbocycles. The number of unbranched alkanes of at least 4 members (excludes halogenated alkanes) is 8. The number of aliphatic carboxylic acids is 1. The van der Waals surface area contributed by atoms with Crippen LogP contribution in [0.15, 0.2) is 0 Å². The van der Waals surface area contributed by atoms with Gasteiger partial charge in [0.25, 0.3) is 0 Å². The molecule has 0 amide bonds. The third kappa shape index (κ3) is 13.6. The first-order valence-electron chi connectivity index (χ1n) is 7.62. The number of aliphatic hydroxyl groups excluding tert-OH is 1. The number of carbonyl (C=O) groups is 1. The molecule has 1 atom stereocenters. The van der Waals surface area contributed by atoms with Gasteiger partial charge in [0.05, 0.1) is 0 Å². The number of rotatable bonds is 13. The highest BCUT2D eigenvalue weighted by Crippen LogP contribution is 2.15. The van der Waals surface area contributed by atoms with Crippen molar-refractivity contribution in [2.45, 2.75) is 83.8 Å². The maximum Gasteiger partial charge on any atom is 0.303 e. The molecular formula is C15H30O4. The molecule has 0 fully saturated rings. The van der Waals surface area contributed by atoms with Crippen molar-refractivity contribution in [3.8, 4) is 0 Å². The Labute approximate surface area is 116 Å². The molecule has 0 aliphatic rings. The van der Waals surface area contributed by atoms with Crippen molar-refractivity contribution in [1.29, 1.82) is 0 Å². The van der Waals surface area contributed by atoms with Crippen LogP contribution in [0.2, 0.25) is 0 Å². The Balaban J connectivity index is 3.09. The van der Waals surface area contributed by atoms with Crippen molar-refractivity contribution in [3.05, 3.63) is 0 Å². The molecule has 4 heteroatoms. The average Bonchev–Trinajstić information content (AvgIpc) is 2.35. The van der Waals surface area contributed by atoms with Gasteiger partial charge in [0.1, 0.15) is 0 Å². The molecule has 0 aromatic heterocycles. The maximum atomic E-state index is 10.3. The Morgan fingerprint density at radius 2 is 1.26 bits per heavy atom. The van der Waals surface area contributed by atoms with Crippen LogP contribution >= 0.6 is 0 Å². The van der Waals surface area contributed by atoms with Gasteiger partial charge in [-0.3, -0.25) is 4.79 Å². The topological polar surface area (TPSA) is 77.8 Å². The van der Waals surface area contributed by atoms with E-state index in [4.69, 9.17) is 15.3 Å². The first-order valence-corrected chi connectivity index (χ1v) is 7.62. The average molecular weight is 274 g/mol. The van der Waals surface area contributed by atoms with E-state index in [-0.39, 0.29) is 5.92 Å². The van der Waals surface area contributed by atoms with Gasteiger partial charge in [-0.15, -0.1) is 0 Å². The number of hydrogen-bond donors (Lipinski definition) is 3. The van der Waals surface area contributed by atoms with Gasteiger partial charge in [-0.2, -0.15) is 0 Å². The predicted molar refractivity (Wildman–Crippen MR) is 75.8 cm³/mol. The fraction of sp³-hybridized carbons (Fsp3) is 0.933. The van der Waals surface area contributed by atoms with Crippen LogP contribution in [0.1, 0.15) is 77.6 Å². The summed E-state index contributed by atoms with van der Waals surface area (Å²) in [4.78, 5) is 10.3. The zero-order valence-electron chi connectivity index (χ0n) is 12.2. The molecule has 0 bridgehead atoms. The van der Waals surface area contributed by atoms with E-state index in [2.05, 4.69) is 0 Å². The zero-order valence-corrected chi connectivity index (χ0v) is 12.2. The van der Waals surface area contributed by atoms with Crippen LogP contribution in [0.5, 0.6) is 0 Å². The van der Waals surface area contributed by atoms with E-state index >= 15 is 0 Å². The summed E-state index contributed by atoms with van der Waals surface area (Å²) in [6.45, 7) is 1.86. The Bertz CT molecular complexity index is 216. The van der Waals surface area contributed by atoms with Crippen LogP contribution in [0.3, 0.4) is 0 Å². The van der Waals surface area contributed by atoms with Crippen LogP contribution in [-0.4, -0.2) is 27.6 Å². The van der Waals surface area contributed by atoms with Crippen molar-refractivity contribution in [2.75, 3.05) is 0 Å². The van der Waals surface area contributed by atoms with Gasteiger partial charge in [0, 0.05) is 12.3 Å². The molecule has 0 saturated heterocycles. The lowest BCUT2D eigenvalue weighted by molar-refractivity contribution is -0.137. The van der Waals surface area contributed by atoms with Gasteiger partial charge >= 0.3 is 5.97 Å². The fourth-order valence-corrected chi connectivity index (χ4v) is 2.13. The standard InChI is InChI=1S/C15H30O4/c1-13(15(18)19)11-9-7-5-3-2-4-6-8-10-12-14(16)17/h13,15,18-19H,2-12H2,1H3,(H,16,17). The first-order chi connectivity index (χ1) is 9.04. The highest BCUT2D eigenvalue weighted by molar-refractivity contribution is 5.66. The minimum absolute atomic E-state index is 0.0192. The molecule has 0 spiro atoms. The number of hydrogen-bond acceptors (Lipinski definition) is 3. The molecule has 0 radical (unpaired) electrons. The van der Waals surface area contributed by atoms with Crippen molar-refractivity contribution < 1.29 is 20.1 Å². The second kappa shape index (κ2) is 12.4. The van der Waals surface area contributed by atoms with E-state index in [1.54, 1.807) is 0 Å². The first kappa shape index (κ1) is 18.4. The van der Waals surface area contributed by atoms with Crippen LogP contribution in [0.4, 0.5) is 0 Å². The van der Waals surface area contributed by atoms with Gasteiger partial charge in [0.2, 0.25) is 0 Å². The second-order valence-electron chi connectivity index (χ2n) is 5.51. The van der Waals surface area contributed by atoms with Crippen LogP contribution in [0.25, 0.3) is 0 Å². The number of aliphatic hydroxyl groups is 2. The largest absolute Gasteiger partial charge is 0.481 e. The van der Waals surface area contributed by atoms with Crippen LogP contribution in [-0.2, 0) is 4.79 Å². The lowest BCUT2D eigenvalue weighted by Gasteiger charge is -2.12. The van der Waals surface area contributed by atoms with Gasteiger partial charge < -0.3 is 15.3 Å². The quantitative estimate of drug-likeness (QED) is 0.356. The molecule has 19 heavy (non-hydrogen) atoms.